The Labute approximate surface area is 213 Å². The molecule has 11 heteroatoms. The summed E-state index contributed by atoms with van der Waals surface area (Å²) in [6.07, 6.45) is 2.98. The van der Waals surface area contributed by atoms with Gasteiger partial charge in [-0.05, 0) is 58.9 Å². The lowest BCUT2D eigenvalue weighted by Gasteiger charge is -2.19. The number of esters is 1. The maximum atomic E-state index is 14.5. The number of hydrogen-bond acceptors (Lipinski definition) is 8. The SMILES string of the molecule is CCOC(=O)c1cnn2ccc(N[C@H](C)c3cc(F)cc4cc(CCNC(=O)OC(C)(C)C)oc34)nc12. The molecular formula is C26H30FN5O5. The van der Waals surface area contributed by atoms with Gasteiger partial charge in [-0.2, -0.15) is 5.10 Å². The molecule has 1 atom stereocenters. The van der Waals surface area contributed by atoms with Crippen molar-refractivity contribution >= 4 is 34.5 Å². The van der Waals surface area contributed by atoms with Crippen LogP contribution < -0.4 is 10.6 Å². The predicted octanol–water partition coefficient (Wildman–Crippen LogP) is 5.03. The molecule has 4 aromatic rings. The van der Waals surface area contributed by atoms with Gasteiger partial charge in [0, 0.05) is 30.1 Å². The van der Waals surface area contributed by atoms with E-state index in [1.807, 2.05) is 6.92 Å². The molecule has 0 aliphatic carbocycles. The van der Waals surface area contributed by atoms with E-state index in [2.05, 4.69) is 20.7 Å². The van der Waals surface area contributed by atoms with Crippen LogP contribution in [0.3, 0.4) is 0 Å². The maximum Gasteiger partial charge on any atom is 0.407 e. The van der Waals surface area contributed by atoms with E-state index in [0.29, 0.717) is 46.7 Å². The van der Waals surface area contributed by atoms with Crippen LogP contribution in [0.25, 0.3) is 16.6 Å². The number of anilines is 1. The summed E-state index contributed by atoms with van der Waals surface area (Å²) in [6, 6.07) is 5.89. The zero-order chi connectivity index (χ0) is 26.7. The minimum Gasteiger partial charge on any atom is -0.462 e. The normalized spacial score (nSPS) is 12.5. The summed E-state index contributed by atoms with van der Waals surface area (Å²) in [4.78, 5) is 28.6. The van der Waals surface area contributed by atoms with E-state index in [9.17, 15) is 14.0 Å². The highest BCUT2D eigenvalue weighted by atomic mass is 19.1. The Kier molecular flexibility index (Phi) is 7.33. The number of amides is 1. The third kappa shape index (κ3) is 6.16. The van der Waals surface area contributed by atoms with Gasteiger partial charge in [0.15, 0.2) is 5.65 Å². The highest BCUT2D eigenvalue weighted by Gasteiger charge is 2.20. The van der Waals surface area contributed by atoms with E-state index >= 15 is 0 Å². The number of nitrogens with one attached hydrogen (secondary N) is 2. The van der Waals surface area contributed by atoms with Crippen molar-refractivity contribution < 1.29 is 27.9 Å². The summed E-state index contributed by atoms with van der Waals surface area (Å²) in [5.41, 5.74) is 1.14. The lowest BCUT2D eigenvalue weighted by Crippen LogP contribution is -2.33. The Morgan fingerprint density at radius 3 is 2.76 bits per heavy atom. The highest BCUT2D eigenvalue weighted by molar-refractivity contribution is 5.95. The van der Waals surface area contributed by atoms with E-state index < -0.39 is 23.5 Å². The smallest absolute Gasteiger partial charge is 0.407 e. The molecule has 0 spiro atoms. The maximum absolute atomic E-state index is 14.5. The number of ether oxygens (including phenoxy) is 2. The molecule has 0 saturated heterocycles. The van der Waals surface area contributed by atoms with Crippen LogP contribution in [0, 0.1) is 5.82 Å². The van der Waals surface area contributed by atoms with Gasteiger partial charge in [-0.15, -0.1) is 0 Å². The Morgan fingerprint density at radius 1 is 1.24 bits per heavy atom. The van der Waals surface area contributed by atoms with E-state index in [1.54, 1.807) is 46.0 Å². The molecule has 0 radical (unpaired) electrons. The molecule has 0 fully saturated rings. The van der Waals surface area contributed by atoms with Gasteiger partial charge >= 0.3 is 12.1 Å². The second-order valence-electron chi connectivity index (χ2n) is 9.53. The lowest BCUT2D eigenvalue weighted by molar-refractivity contribution is 0.0517. The lowest BCUT2D eigenvalue weighted by atomic mass is 10.1. The van der Waals surface area contributed by atoms with Crippen molar-refractivity contribution in [1.29, 1.82) is 0 Å². The third-order valence-electron chi connectivity index (χ3n) is 5.40. The molecule has 3 heterocycles. The standard InChI is InChI=1S/C26H30FN5O5/c1-6-35-24(33)20-14-29-32-10-8-21(31-23(20)32)30-15(2)19-13-17(27)11-16-12-18(36-22(16)19)7-9-28-25(34)37-26(3,4)5/h8,10-15H,6-7,9H2,1-5H3,(H,28,34)(H,30,31)/t15-/m1/s1. The van der Waals surface area contributed by atoms with Gasteiger partial charge in [0.2, 0.25) is 0 Å². The van der Waals surface area contributed by atoms with Gasteiger partial charge in [-0.3, -0.25) is 0 Å². The third-order valence-corrected chi connectivity index (χ3v) is 5.40. The number of furan rings is 1. The number of alkyl carbamates (subject to hydrolysis) is 1. The topological polar surface area (TPSA) is 120 Å². The van der Waals surface area contributed by atoms with Gasteiger partial charge in [0.1, 0.15) is 34.1 Å². The zero-order valence-electron chi connectivity index (χ0n) is 21.4. The minimum atomic E-state index is -0.586. The fraction of sp³-hybridized carbons (Fsp3) is 0.385. The summed E-state index contributed by atoms with van der Waals surface area (Å²) >= 11 is 0. The van der Waals surface area contributed by atoms with Gasteiger partial charge in [0.25, 0.3) is 0 Å². The monoisotopic (exact) mass is 511 g/mol. The largest absolute Gasteiger partial charge is 0.462 e. The number of fused-ring (bicyclic) bond motifs is 2. The van der Waals surface area contributed by atoms with Gasteiger partial charge in [0.05, 0.1) is 18.8 Å². The van der Waals surface area contributed by atoms with E-state index in [4.69, 9.17) is 13.9 Å². The molecular weight excluding hydrogens is 481 g/mol. The first kappa shape index (κ1) is 25.9. The first-order valence-electron chi connectivity index (χ1n) is 12.0. The average molecular weight is 512 g/mol. The number of carbonyl (C=O) groups is 2. The quantitative estimate of drug-likeness (QED) is 0.316. The van der Waals surface area contributed by atoms with E-state index in [1.165, 1.54) is 22.8 Å². The van der Waals surface area contributed by atoms with E-state index in [0.717, 1.165) is 0 Å². The van der Waals surface area contributed by atoms with Crippen molar-refractivity contribution in [1.82, 2.24) is 19.9 Å². The number of hydrogen-bond donors (Lipinski definition) is 2. The Bertz CT molecular complexity index is 1440. The number of rotatable bonds is 8. The molecule has 0 aliphatic heterocycles. The molecule has 0 bridgehead atoms. The van der Waals surface area contributed by atoms with Gasteiger partial charge in [-0.1, -0.05) is 0 Å². The fourth-order valence-corrected chi connectivity index (χ4v) is 3.84. The van der Waals surface area contributed by atoms with Crippen molar-refractivity contribution in [3.63, 3.8) is 0 Å². The molecule has 37 heavy (non-hydrogen) atoms. The molecule has 3 aromatic heterocycles. The second kappa shape index (κ2) is 10.5. The van der Waals surface area contributed by atoms with Crippen LogP contribution in [0.15, 0.2) is 41.1 Å². The van der Waals surface area contributed by atoms with Crippen molar-refractivity contribution in [3.8, 4) is 0 Å². The van der Waals surface area contributed by atoms with Crippen molar-refractivity contribution in [2.24, 2.45) is 0 Å². The number of nitrogens with zero attached hydrogens (tertiary/aromatic N) is 3. The van der Waals surface area contributed by atoms with Crippen LogP contribution in [-0.4, -0.2) is 45.4 Å². The number of benzene rings is 1. The van der Waals surface area contributed by atoms with E-state index in [-0.39, 0.29) is 18.2 Å². The molecule has 4 rings (SSSR count). The summed E-state index contributed by atoms with van der Waals surface area (Å²) in [6.45, 7) is 9.50. The molecule has 2 N–H and O–H groups in total. The highest BCUT2D eigenvalue weighted by Crippen LogP contribution is 2.30. The molecule has 10 nitrogen and oxygen atoms in total. The number of aromatic nitrogens is 3. The summed E-state index contributed by atoms with van der Waals surface area (Å²) in [7, 11) is 0. The molecule has 0 unspecified atom stereocenters. The molecule has 0 saturated carbocycles. The number of halogens is 1. The van der Waals surface area contributed by atoms with Crippen LogP contribution in [0.2, 0.25) is 0 Å². The van der Waals surface area contributed by atoms with Crippen molar-refractivity contribution in [2.45, 2.75) is 52.7 Å². The summed E-state index contributed by atoms with van der Waals surface area (Å²) in [5.74, 6) is 0.158. The van der Waals surface area contributed by atoms with Crippen LogP contribution in [0.5, 0.6) is 0 Å². The van der Waals surface area contributed by atoms with Crippen LogP contribution in [0.4, 0.5) is 15.0 Å². The Hall–Kier alpha value is -4.15. The zero-order valence-corrected chi connectivity index (χ0v) is 21.4. The molecule has 1 amide bonds. The molecule has 196 valence electrons. The Balaban J connectivity index is 1.52. The fourth-order valence-electron chi connectivity index (χ4n) is 3.84. The average Bonchev–Trinajstić information content (AvgIpc) is 3.41. The van der Waals surface area contributed by atoms with Crippen molar-refractivity contribution in [3.05, 3.63) is 59.4 Å². The van der Waals surface area contributed by atoms with Crippen molar-refractivity contribution in [2.75, 3.05) is 18.5 Å². The Morgan fingerprint density at radius 2 is 2.03 bits per heavy atom. The minimum absolute atomic E-state index is 0.239. The molecule has 0 aliphatic rings. The van der Waals surface area contributed by atoms with Gasteiger partial charge < -0.3 is 24.5 Å². The first-order valence-corrected chi connectivity index (χ1v) is 12.0. The number of carbonyl (C=O) groups excluding carboxylic acids is 2. The first-order chi connectivity index (χ1) is 17.5. The van der Waals surface area contributed by atoms with Gasteiger partial charge in [-0.25, -0.2) is 23.5 Å². The predicted molar refractivity (Wildman–Crippen MR) is 135 cm³/mol. The molecule has 1 aromatic carbocycles. The summed E-state index contributed by atoms with van der Waals surface area (Å²) in [5, 5.41) is 10.7. The van der Waals surface area contributed by atoms with Crippen LogP contribution in [0.1, 0.15) is 62.3 Å². The second-order valence-corrected chi connectivity index (χ2v) is 9.53. The van der Waals surface area contributed by atoms with Crippen LogP contribution >= 0.6 is 0 Å². The van der Waals surface area contributed by atoms with Crippen LogP contribution in [-0.2, 0) is 15.9 Å². The summed E-state index contributed by atoms with van der Waals surface area (Å²) < 4.78 is 32.3.